The molecule has 2 unspecified atom stereocenters. The van der Waals surface area contributed by atoms with Crippen LogP contribution in [0.2, 0.25) is 0 Å². The Morgan fingerprint density at radius 2 is 2.33 bits per heavy atom. The fraction of sp³-hybridized carbons (Fsp3) is 0.500. The minimum atomic E-state index is -0.155. The predicted molar refractivity (Wildman–Crippen MR) is 64.8 cm³/mol. The van der Waals surface area contributed by atoms with E-state index in [2.05, 4.69) is 35.1 Å². The number of hydrogen-bond donors (Lipinski definition) is 1. The van der Waals surface area contributed by atoms with Crippen LogP contribution < -0.4 is 5.32 Å². The SMILES string of the molecule is CCC(C)C1CNc2c(Br)cc(F)cc21. The molecule has 1 aliphatic rings. The van der Waals surface area contributed by atoms with E-state index in [0.717, 1.165) is 28.7 Å². The lowest BCUT2D eigenvalue weighted by Gasteiger charge is -2.17. The zero-order valence-corrected chi connectivity index (χ0v) is 10.6. The molecule has 0 amide bonds. The van der Waals surface area contributed by atoms with E-state index in [-0.39, 0.29) is 5.82 Å². The summed E-state index contributed by atoms with van der Waals surface area (Å²) < 4.78 is 14.1. The molecule has 0 bridgehead atoms. The first-order valence-corrected chi connectivity index (χ1v) is 6.15. The van der Waals surface area contributed by atoms with Crippen molar-refractivity contribution in [1.82, 2.24) is 0 Å². The Morgan fingerprint density at radius 3 is 3.00 bits per heavy atom. The van der Waals surface area contributed by atoms with Gasteiger partial charge in [0.05, 0.1) is 5.69 Å². The Labute approximate surface area is 98.2 Å². The van der Waals surface area contributed by atoms with Crippen LogP contribution in [0.25, 0.3) is 0 Å². The summed E-state index contributed by atoms with van der Waals surface area (Å²) in [6.45, 7) is 5.32. The Hall–Kier alpha value is -0.570. The van der Waals surface area contributed by atoms with Gasteiger partial charge in [-0.25, -0.2) is 4.39 Å². The van der Waals surface area contributed by atoms with Gasteiger partial charge in [-0.05, 0) is 39.5 Å². The van der Waals surface area contributed by atoms with Crippen molar-refractivity contribution in [3.05, 3.63) is 28.0 Å². The second-order valence-corrected chi connectivity index (χ2v) is 5.08. The van der Waals surface area contributed by atoms with Gasteiger partial charge in [0.1, 0.15) is 5.82 Å². The van der Waals surface area contributed by atoms with Crippen LogP contribution in [0.5, 0.6) is 0 Å². The van der Waals surface area contributed by atoms with Crippen LogP contribution in [0.1, 0.15) is 31.7 Å². The smallest absolute Gasteiger partial charge is 0.124 e. The lowest BCUT2D eigenvalue weighted by molar-refractivity contribution is 0.470. The summed E-state index contributed by atoms with van der Waals surface area (Å²) >= 11 is 3.39. The molecular weight excluding hydrogens is 257 g/mol. The molecule has 15 heavy (non-hydrogen) atoms. The average molecular weight is 272 g/mol. The third-order valence-corrected chi connectivity index (χ3v) is 3.94. The van der Waals surface area contributed by atoms with Gasteiger partial charge in [-0.15, -0.1) is 0 Å². The summed E-state index contributed by atoms with van der Waals surface area (Å²) in [6, 6.07) is 3.18. The highest BCUT2D eigenvalue weighted by molar-refractivity contribution is 9.10. The van der Waals surface area contributed by atoms with Crippen molar-refractivity contribution in [3.8, 4) is 0 Å². The van der Waals surface area contributed by atoms with E-state index in [0.29, 0.717) is 11.8 Å². The zero-order valence-electron chi connectivity index (χ0n) is 8.98. The summed E-state index contributed by atoms with van der Waals surface area (Å²) in [4.78, 5) is 0. The van der Waals surface area contributed by atoms with E-state index < -0.39 is 0 Å². The maximum absolute atomic E-state index is 13.3. The summed E-state index contributed by atoms with van der Waals surface area (Å²) in [6.07, 6.45) is 1.12. The van der Waals surface area contributed by atoms with Crippen LogP contribution in [0, 0.1) is 11.7 Å². The van der Waals surface area contributed by atoms with Crippen LogP contribution in [0.15, 0.2) is 16.6 Å². The maximum Gasteiger partial charge on any atom is 0.124 e. The topological polar surface area (TPSA) is 12.0 Å². The third kappa shape index (κ3) is 1.89. The molecule has 3 heteroatoms. The minimum absolute atomic E-state index is 0.155. The molecule has 2 rings (SSSR count). The molecule has 2 atom stereocenters. The van der Waals surface area contributed by atoms with Crippen LogP contribution in [-0.2, 0) is 0 Å². The van der Waals surface area contributed by atoms with Crippen molar-refractivity contribution in [1.29, 1.82) is 0 Å². The van der Waals surface area contributed by atoms with Gasteiger partial charge in [0, 0.05) is 16.9 Å². The molecule has 1 nitrogen and oxygen atoms in total. The van der Waals surface area contributed by atoms with E-state index in [9.17, 15) is 4.39 Å². The number of hydrogen-bond acceptors (Lipinski definition) is 1. The second kappa shape index (κ2) is 4.12. The zero-order chi connectivity index (χ0) is 11.0. The molecule has 0 saturated heterocycles. The highest BCUT2D eigenvalue weighted by atomic mass is 79.9. The molecule has 1 heterocycles. The van der Waals surface area contributed by atoms with E-state index in [1.165, 1.54) is 6.07 Å². The fourth-order valence-corrected chi connectivity index (χ4v) is 2.77. The number of nitrogens with one attached hydrogen (secondary N) is 1. The number of fused-ring (bicyclic) bond motifs is 1. The first-order chi connectivity index (χ1) is 7.13. The predicted octanol–water partition coefficient (Wildman–Crippen LogP) is 4.14. The summed E-state index contributed by atoms with van der Waals surface area (Å²) in [5, 5.41) is 3.35. The molecule has 1 aliphatic heterocycles. The van der Waals surface area contributed by atoms with Crippen molar-refractivity contribution in [2.24, 2.45) is 5.92 Å². The van der Waals surface area contributed by atoms with Crippen LogP contribution in [-0.4, -0.2) is 6.54 Å². The molecule has 0 aliphatic carbocycles. The van der Waals surface area contributed by atoms with Crippen LogP contribution in [0.4, 0.5) is 10.1 Å². The monoisotopic (exact) mass is 271 g/mol. The number of anilines is 1. The van der Waals surface area contributed by atoms with Gasteiger partial charge < -0.3 is 5.32 Å². The van der Waals surface area contributed by atoms with Gasteiger partial charge in [-0.2, -0.15) is 0 Å². The van der Waals surface area contributed by atoms with Crippen molar-refractivity contribution < 1.29 is 4.39 Å². The first kappa shape index (κ1) is 10.9. The Balaban J connectivity index is 2.41. The number of halogens is 2. The molecule has 0 spiro atoms. The van der Waals surface area contributed by atoms with Gasteiger partial charge in [0.15, 0.2) is 0 Å². The molecule has 82 valence electrons. The van der Waals surface area contributed by atoms with Crippen molar-refractivity contribution >= 4 is 21.6 Å². The number of rotatable bonds is 2. The Morgan fingerprint density at radius 1 is 1.60 bits per heavy atom. The fourth-order valence-electron chi connectivity index (χ4n) is 2.19. The number of benzene rings is 1. The Bertz CT molecular complexity index is 378. The van der Waals surface area contributed by atoms with E-state index >= 15 is 0 Å². The van der Waals surface area contributed by atoms with Gasteiger partial charge >= 0.3 is 0 Å². The maximum atomic E-state index is 13.3. The second-order valence-electron chi connectivity index (χ2n) is 4.22. The molecule has 1 aromatic rings. The molecule has 1 N–H and O–H groups in total. The summed E-state index contributed by atoms with van der Waals surface area (Å²) in [7, 11) is 0. The van der Waals surface area contributed by atoms with Crippen molar-refractivity contribution in [3.63, 3.8) is 0 Å². The third-order valence-electron chi connectivity index (χ3n) is 3.31. The van der Waals surface area contributed by atoms with Gasteiger partial charge in [-0.3, -0.25) is 0 Å². The van der Waals surface area contributed by atoms with Gasteiger partial charge in [0.2, 0.25) is 0 Å². The van der Waals surface area contributed by atoms with Crippen molar-refractivity contribution in [2.45, 2.75) is 26.2 Å². The van der Waals surface area contributed by atoms with E-state index in [1.54, 1.807) is 6.07 Å². The average Bonchev–Trinajstić information content (AvgIpc) is 2.60. The van der Waals surface area contributed by atoms with Gasteiger partial charge in [-0.1, -0.05) is 20.3 Å². The first-order valence-electron chi connectivity index (χ1n) is 5.36. The molecular formula is C12H15BrFN. The normalized spacial score (nSPS) is 20.9. The molecule has 0 aromatic heterocycles. The summed E-state index contributed by atoms with van der Waals surface area (Å²) in [5.74, 6) is 0.877. The van der Waals surface area contributed by atoms with Crippen LogP contribution >= 0.6 is 15.9 Å². The largest absolute Gasteiger partial charge is 0.383 e. The molecule has 0 fully saturated rings. The summed E-state index contributed by atoms with van der Waals surface area (Å²) in [5.41, 5.74) is 2.19. The van der Waals surface area contributed by atoms with Crippen LogP contribution in [0.3, 0.4) is 0 Å². The quantitative estimate of drug-likeness (QED) is 0.853. The highest BCUT2D eigenvalue weighted by Crippen LogP contribution is 2.41. The Kier molecular flexibility index (Phi) is 3.01. The van der Waals surface area contributed by atoms with E-state index in [1.807, 2.05) is 0 Å². The molecule has 0 radical (unpaired) electrons. The van der Waals surface area contributed by atoms with E-state index in [4.69, 9.17) is 0 Å². The standard InChI is InChI=1S/C12H15BrFN/c1-3-7(2)10-6-15-12-9(10)4-8(14)5-11(12)13/h4-5,7,10,15H,3,6H2,1-2H3. The van der Waals surface area contributed by atoms with Gasteiger partial charge in [0.25, 0.3) is 0 Å². The minimum Gasteiger partial charge on any atom is -0.383 e. The molecule has 1 aromatic carbocycles. The lowest BCUT2D eigenvalue weighted by atomic mass is 9.87. The molecule has 0 saturated carbocycles. The highest BCUT2D eigenvalue weighted by Gasteiger charge is 2.28. The van der Waals surface area contributed by atoms with Crippen molar-refractivity contribution in [2.75, 3.05) is 11.9 Å². The lowest BCUT2D eigenvalue weighted by Crippen LogP contribution is -2.11.